The van der Waals surface area contributed by atoms with Gasteiger partial charge in [0.2, 0.25) is 0 Å². The Balaban J connectivity index is 1.94. The van der Waals surface area contributed by atoms with Crippen molar-refractivity contribution in [2.75, 3.05) is 19.6 Å². The van der Waals surface area contributed by atoms with Gasteiger partial charge in [0.15, 0.2) is 0 Å². The summed E-state index contributed by atoms with van der Waals surface area (Å²) in [7, 11) is 0. The molecule has 2 rings (SSSR count). The Labute approximate surface area is 124 Å². The summed E-state index contributed by atoms with van der Waals surface area (Å²) in [5.74, 6) is 0.863. The predicted octanol–water partition coefficient (Wildman–Crippen LogP) is 3.77. The van der Waals surface area contributed by atoms with Gasteiger partial charge in [0.25, 0.3) is 0 Å². The van der Waals surface area contributed by atoms with Gasteiger partial charge in [-0.05, 0) is 44.7 Å². The van der Waals surface area contributed by atoms with E-state index >= 15 is 0 Å². The van der Waals surface area contributed by atoms with Crippen LogP contribution in [0.25, 0.3) is 0 Å². The first-order chi connectivity index (χ1) is 9.60. The van der Waals surface area contributed by atoms with Crippen molar-refractivity contribution >= 4 is 0 Å². The summed E-state index contributed by atoms with van der Waals surface area (Å²) in [6, 6.07) is 10.2. The monoisotopic (exact) mass is 274 g/mol. The number of likely N-dealkylation sites (tertiary alicyclic amines) is 1. The van der Waals surface area contributed by atoms with E-state index < -0.39 is 0 Å². The molecule has 1 N–H and O–H groups in total. The maximum absolute atomic E-state index is 3.64. The van der Waals surface area contributed by atoms with E-state index in [0.29, 0.717) is 6.04 Å². The van der Waals surface area contributed by atoms with Crippen LogP contribution in [0.3, 0.4) is 0 Å². The predicted molar refractivity (Wildman–Crippen MR) is 87.0 cm³/mol. The van der Waals surface area contributed by atoms with Crippen molar-refractivity contribution in [1.29, 1.82) is 0 Å². The highest BCUT2D eigenvalue weighted by Gasteiger charge is 2.26. The lowest BCUT2D eigenvalue weighted by atomic mass is 10.0. The van der Waals surface area contributed by atoms with Crippen molar-refractivity contribution < 1.29 is 0 Å². The van der Waals surface area contributed by atoms with Gasteiger partial charge in [-0.1, -0.05) is 43.7 Å². The topological polar surface area (TPSA) is 15.3 Å². The van der Waals surface area contributed by atoms with Gasteiger partial charge in [-0.15, -0.1) is 0 Å². The number of nitrogens with zero attached hydrogens (tertiary/aromatic N) is 1. The summed E-state index contributed by atoms with van der Waals surface area (Å²) in [5, 5.41) is 3.64. The van der Waals surface area contributed by atoms with Crippen molar-refractivity contribution in [2.24, 2.45) is 5.92 Å². The third-order valence-electron chi connectivity index (χ3n) is 4.55. The molecular weight excluding hydrogens is 244 g/mol. The lowest BCUT2D eigenvalue weighted by Gasteiger charge is -2.25. The average Bonchev–Trinajstić information content (AvgIpc) is 2.74. The van der Waals surface area contributed by atoms with Gasteiger partial charge in [-0.3, -0.25) is 0 Å². The number of benzene rings is 1. The molecule has 1 aliphatic heterocycles. The molecule has 20 heavy (non-hydrogen) atoms. The second-order valence-corrected chi connectivity index (χ2v) is 6.49. The van der Waals surface area contributed by atoms with Crippen LogP contribution in [0, 0.1) is 12.8 Å². The van der Waals surface area contributed by atoms with Crippen molar-refractivity contribution in [2.45, 2.75) is 52.6 Å². The van der Waals surface area contributed by atoms with E-state index in [1.807, 2.05) is 0 Å². The average molecular weight is 274 g/mol. The fourth-order valence-electron chi connectivity index (χ4n) is 3.42. The lowest BCUT2D eigenvalue weighted by molar-refractivity contribution is 0.249. The number of hydrogen-bond acceptors (Lipinski definition) is 2. The van der Waals surface area contributed by atoms with Crippen molar-refractivity contribution in [3.63, 3.8) is 0 Å². The number of rotatable bonds is 6. The molecule has 3 unspecified atom stereocenters. The third-order valence-corrected chi connectivity index (χ3v) is 4.55. The molecule has 1 aliphatic rings. The molecule has 1 heterocycles. The molecule has 1 aromatic carbocycles. The number of nitrogens with one attached hydrogen (secondary N) is 1. The zero-order chi connectivity index (χ0) is 14.5. The molecule has 0 radical (unpaired) electrons. The smallest absolute Gasteiger partial charge is 0.0332 e. The summed E-state index contributed by atoms with van der Waals surface area (Å²) >= 11 is 0. The molecule has 1 fully saturated rings. The Kier molecular flexibility index (Phi) is 5.62. The Hall–Kier alpha value is -0.860. The molecule has 2 nitrogen and oxygen atoms in total. The molecule has 112 valence electrons. The standard InChI is InChI=1S/C18H30N2/c1-5-19-18(17-8-6-14(2)7-9-17)10-11-20-13-15(3)12-16(20)4/h6-9,15-16,18-19H,5,10-13H2,1-4H3. The Morgan fingerprint density at radius 1 is 1.25 bits per heavy atom. The Morgan fingerprint density at radius 3 is 2.50 bits per heavy atom. The maximum Gasteiger partial charge on any atom is 0.0332 e. The van der Waals surface area contributed by atoms with E-state index in [0.717, 1.165) is 18.5 Å². The first-order valence-electron chi connectivity index (χ1n) is 8.14. The van der Waals surface area contributed by atoms with Crippen molar-refractivity contribution in [3.8, 4) is 0 Å². The van der Waals surface area contributed by atoms with E-state index in [1.165, 1.54) is 37.1 Å². The Morgan fingerprint density at radius 2 is 1.95 bits per heavy atom. The fraction of sp³-hybridized carbons (Fsp3) is 0.667. The molecule has 3 atom stereocenters. The second-order valence-electron chi connectivity index (χ2n) is 6.49. The van der Waals surface area contributed by atoms with E-state index in [9.17, 15) is 0 Å². The van der Waals surface area contributed by atoms with Gasteiger partial charge in [-0.2, -0.15) is 0 Å². The molecule has 2 heteroatoms. The molecule has 0 saturated carbocycles. The van der Waals surface area contributed by atoms with Crippen LogP contribution in [0.5, 0.6) is 0 Å². The number of aryl methyl sites for hydroxylation is 1. The molecule has 1 saturated heterocycles. The molecule has 0 bridgehead atoms. The lowest BCUT2D eigenvalue weighted by Crippen LogP contribution is -2.32. The summed E-state index contributed by atoms with van der Waals surface area (Å²) in [6.45, 7) is 12.6. The molecular formula is C18H30N2. The minimum atomic E-state index is 0.490. The minimum absolute atomic E-state index is 0.490. The third kappa shape index (κ3) is 4.07. The highest BCUT2D eigenvalue weighted by Crippen LogP contribution is 2.25. The van der Waals surface area contributed by atoms with E-state index in [4.69, 9.17) is 0 Å². The first-order valence-corrected chi connectivity index (χ1v) is 8.14. The van der Waals surface area contributed by atoms with Gasteiger partial charge in [0, 0.05) is 25.2 Å². The van der Waals surface area contributed by atoms with Crippen LogP contribution >= 0.6 is 0 Å². The van der Waals surface area contributed by atoms with E-state index in [1.54, 1.807) is 0 Å². The molecule has 0 amide bonds. The number of hydrogen-bond donors (Lipinski definition) is 1. The van der Waals surface area contributed by atoms with E-state index in [-0.39, 0.29) is 0 Å². The highest BCUT2D eigenvalue weighted by atomic mass is 15.2. The van der Waals surface area contributed by atoms with Gasteiger partial charge in [0.05, 0.1) is 0 Å². The quantitative estimate of drug-likeness (QED) is 0.849. The Bertz CT molecular complexity index is 398. The summed E-state index contributed by atoms with van der Waals surface area (Å²) < 4.78 is 0. The van der Waals surface area contributed by atoms with Crippen LogP contribution in [0.1, 0.15) is 50.8 Å². The maximum atomic E-state index is 3.64. The van der Waals surface area contributed by atoms with Crippen LogP contribution in [0.15, 0.2) is 24.3 Å². The minimum Gasteiger partial charge on any atom is -0.310 e. The van der Waals surface area contributed by atoms with Crippen LogP contribution in [-0.4, -0.2) is 30.6 Å². The highest BCUT2D eigenvalue weighted by molar-refractivity contribution is 5.24. The normalized spacial score (nSPS) is 25.0. The van der Waals surface area contributed by atoms with Gasteiger partial charge in [-0.25, -0.2) is 0 Å². The zero-order valence-corrected chi connectivity index (χ0v) is 13.5. The van der Waals surface area contributed by atoms with Crippen molar-refractivity contribution in [3.05, 3.63) is 35.4 Å². The van der Waals surface area contributed by atoms with Gasteiger partial charge in [0.1, 0.15) is 0 Å². The summed E-state index contributed by atoms with van der Waals surface area (Å²) in [6.07, 6.45) is 2.56. The van der Waals surface area contributed by atoms with Gasteiger partial charge < -0.3 is 10.2 Å². The second kappa shape index (κ2) is 7.24. The van der Waals surface area contributed by atoms with Crippen LogP contribution < -0.4 is 5.32 Å². The summed E-state index contributed by atoms with van der Waals surface area (Å²) in [4.78, 5) is 2.66. The van der Waals surface area contributed by atoms with Crippen LogP contribution in [-0.2, 0) is 0 Å². The summed E-state index contributed by atoms with van der Waals surface area (Å²) in [5.41, 5.74) is 2.77. The van der Waals surface area contributed by atoms with Crippen LogP contribution in [0.4, 0.5) is 0 Å². The molecule has 0 aromatic heterocycles. The first kappa shape index (κ1) is 15.5. The van der Waals surface area contributed by atoms with Gasteiger partial charge >= 0.3 is 0 Å². The largest absolute Gasteiger partial charge is 0.310 e. The van der Waals surface area contributed by atoms with E-state index in [2.05, 4.69) is 62.2 Å². The molecule has 0 spiro atoms. The van der Waals surface area contributed by atoms with Crippen LogP contribution in [0.2, 0.25) is 0 Å². The SMILES string of the molecule is CCNC(CCN1CC(C)CC1C)c1ccc(C)cc1. The molecule has 0 aliphatic carbocycles. The molecule has 1 aromatic rings. The zero-order valence-electron chi connectivity index (χ0n) is 13.5. The fourth-order valence-corrected chi connectivity index (χ4v) is 3.42. The van der Waals surface area contributed by atoms with Crippen molar-refractivity contribution in [1.82, 2.24) is 10.2 Å².